The van der Waals surface area contributed by atoms with E-state index in [0.717, 1.165) is 0 Å². The van der Waals surface area contributed by atoms with Gasteiger partial charge in [-0.2, -0.15) is 0 Å². The van der Waals surface area contributed by atoms with E-state index >= 15 is 0 Å². The normalized spacial score (nSPS) is 11.6. The fourth-order valence-corrected chi connectivity index (χ4v) is 2.68. The van der Waals surface area contributed by atoms with Crippen LogP contribution in [0.2, 0.25) is 0 Å². The van der Waals surface area contributed by atoms with Gasteiger partial charge in [-0.25, -0.2) is 14.6 Å². The van der Waals surface area contributed by atoms with Crippen molar-refractivity contribution in [1.29, 1.82) is 0 Å². The quantitative estimate of drug-likeness (QED) is 0.146. The molecule has 30 heavy (non-hydrogen) atoms. The Balaban J connectivity index is 1.98. The van der Waals surface area contributed by atoms with Gasteiger partial charge in [0.1, 0.15) is 11.4 Å². The first kappa shape index (κ1) is 22.6. The molecule has 0 aliphatic heterocycles. The van der Waals surface area contributed by atoms with Gasteiger partial charge in [0.25, 0.3) is 0 Å². The lowest BCUT2D eigenvalue weighted by Crippen LogP contribution is -2.34. The molecule has 0 atom stereocenters. The van der Waals surface area contributed by atoms with Crippen LogP contribution in [0.25, 0.3) is 0 Å². The van der Waals surface area contributed by atoms with Gasteiger partial charge in [-0.15, -0.1) is 11.3 Å². The number of carboxylic acid groups (broad SMARTS) is 2. The molecular formula is C19H20N4O6S. The topological polar surface area (TPSA) is 150 Å². The summed E-state index contributed by atoms with van der Waals surface area (Å²) in [6.07, 6.45) is 2.57. The molecule has 11 heteroatoms. The Morgan fingerprint density at radius 3 is 2.73 bits per heavy atom. The molecular weight excluding hydrogens is 412 g/mol. The number of hydrogen-bond donors (Lipinski definition) is 4. The Hall–Kier alpha value is -3.73. The molecule has 10 nitrogen and oxygen atoms in total. The largest absolute Gasteiger partial charge is 0.494 e. The molecule has 1 aromatic carbocycles. The van der Waals surface area contributed by atoms with Gasteiger partial charge in [0.15, 0.2) is 10.9 Å². The van der Waals surface area contributed by atoms with Crippen LogP contribution in [-0.4, -0.2) is 52.0 Å². The molecule has 0 aliphatic carbocycles. The van der Waals surface area contributed by atoms with Crippen molar-refractivity contribution in [3.05, 3.63) is 53.2 Å². The molecule has 0 spiro atoms. The number of aromatic nitrogens is 1. The summed E-state index contributed by atoms with van der Waals surface area (Å²) in [5.41, 5.74) is -0.00123. The van der Waals surface area contributed by atoms with Crippen molar-refractivity contribution >= 4 is 40.1 Å². The molecule has 4 N–H and O–H groups in total. The van der Waals surface area contributed by atoms with E-state index in [4.69, 9.17) is 14.9 Å². The predicted octanol–water partition coefficient (Wildman–Crippen LogP) is 2.23. The van der Waals surface area contributed by atoms with Crippen LogP contribution < -0.4 is 15.4 Å². The second-order valence-electron chi connectivity index (χ2n) is 5.81. The van der Waals surface area contributed by atoms with Crippen molar-refractivity contribution in [2.75, 3.05) is 18.5 Å². The number of ketones is 1. The third-order valence-corrected chi connectivity index (χ3v) is 4.18. The first-order valence-corrected chi connectivity index (χ1v) is 9.63. The SMILES string of the molecule is CC(=O)c1cccc(OCCCN=C(N/C(=C\C(=O)O)C(=O)O)Nc2nccs2)c1. The zero-order valence-electron chi connectivity index (χ0n) is 16.0. The molecule has 1 heterocycles. The minimum Gasteiger partial charge on any atom is -0.494 e. The van der Waals surface area contributed by atoms with Crippen molar-refractivity contribution in [3.8, 4) is 5.75 Å². The second-order valence-corrected chi connectivity index (χ2v) is 6.70. The molecule has 0 amide bonds. The molecule has 158 valence electrons. The third-order valence-electron chi connectivity index (χ3n) is 3.49. The van der Waals surface area contributed by atoms with Gasteiger partial charge in [-0.3, -0.25) is 9.79 Å². The molecule has 0 saturated heterocycles. The van der Waals surface area contributed by atoms with E-state index in [2.05, 4.69) is 20.6 Å². The van der Waals surface area contributed by atoms with Crippen LogP contribution >= 0.6 is 11.3 Å². The number of thiazole rings is 1. The number of ether oxygens (including phenoxy) is 1. The van der Waals surface area contributed by atoms with Gasteiger partial charge in [0, 0.05) is 30.1 Å². The molecule has 0 fully saturated rings. The number of anilines is 1. The minimum atomic E-state index is -1.44. The molecule has 0 bridgehead atoms. The highest BCUT2D eigenvalue weighted by atomic mass is 32.1. The summed E-state index contributed by atoms with van der Waals surface area (Å²) in [5, 5.41) is 25.4. The van der Waals surface area contributed by atoms with Gasteiger partial charge in [0.05, 0.1) is 12.7 Å². The predicted molar refractivity (Wildman–Crippen MR) is 111 cm³/mol. The van der Waals surface area contributed by atoms with Gasteiger partial charge in [-0.1, -0.05) is 12.1 Å². The number of carbonyl (C=O) groups excluding carboxylic acids is 1. The molecule has 0 aliphatic rings. The first-order chi connectivity index (χ1) is 14.3. The number of hydrogen-bond acceptors (Lipinski definition) is 7. The Bertz CT molecular complexity index is 956. The standard InChI is InChI=1S/C19H20N4O6S/c1-12(24)13-4-2-5-14(10-13)29-8-3-6-20-18(23-19-21-7-9-30-19)22-15(17(27)28)11-16(25)26/h2,4-5,7,9-11H,3,6,8H2,1H3,(H,25,26)(H,27,28)(H2,20,21,22,23)/b15-11-. The number of nitrogens with zero attached hydrogens (tertiary/aromatic N) is 2. The maximum absolute atomic E-state index is 11.4. The molecule has 0 unspecified atom stereocenters. The summed E-state index contributed by atoms with van der Waals surface area (Å²) < 4.78 is 5.60. The van der Waals surface area contributed by atoms with Gasteiger partial charge < -0.3 is 25.6 Å². The number of guanidine groups is 1. The zero-order chi connectivity index (χ0) is 21.9. The smallest absolute Gasteiger partial charge is 0.352 e. The average Bonchev–Trinajstić information content (AvgIpc) is 3.20. The molecule has 0 radical (unpaired) electrons. The van der Waals surface area contributed by atoms with Crippen LogP contribution in [-0.2, 0) is 9.59 Å². The van der Waals surface area contributed by atoms with Crippen molar-refractivity contribution < 1.29 is 29.3 Å². The monoisotopic (exact) mass is 432 g/mol. The lowest BCUT2D eigenvalue weighted by molar-refractivity contribution is -0.135. The van der Waals surface area contributed by atoms with E-state index in [1.165, 1.54) is 18.3 Å². The lowest BCUT2D eigenvalue weighted by atomic mass is 10.1. The number of rotatable bonds is 10. The summed E-state index contributed by atoms with van der Waals surface area (Å²) >= 11 is 1.27. The van der Waals surface area contributed by atoms with Crippen LogP contribution in [0.4, 0.5) is 5.13 Å². The van der Waals surface area contributed by atoms with Gasteiger partial charge in [-0.05, 0) is 19.1 Å². The summed E-state index contributed by atoms with van der Waals surface area (Å²) in [7, 11) is 0. The number of nitrogens with one attached hydrogen (secondary N) is 2. The number of carbonyl (C=O) groups is 3. The summed E-state index contributed by atoms with van der Waals surface area (Å²) in [5.74, 6) is -2.31. The molecule has 2 aromatic rings. The third kappa shape index (κ3) is 7.72. The summed E-state index contributed by atoms with van der Waals surface area (Å²) in [6.45, 7) is 2.04. The highest BCUT2D eigenvalue weighted by Gasteiger charge is 2.13. The first-order valence-electron chi connectivity index (χ1n) is 8.75. The number of benzene rings is 1. The minimum absolute atomic E-state index is 0.0402. The van der Waals surface area contributed by atoms with E-state index in [0.29, 0.717) is 35.5 Å². The maximum atomic E-state index is 11.4. The second kappa shape index (κ2) is 11.3. The van der Waals surface area contributed by atoms with Gasteiger partial charge >= 0.3 is 11.9 Å². The fraction of sp³-hybridized carbons (Fsp3) is 0.211. The average molecular weight is 432 g/mol. The van der Waals surface area contributed by atoms with Crippen LogP contribution in [0.5, 0.6) is 5.75 Å². The number of aliphatic carboxylic acids is 2. The molecule has 0 saturated carbocycles. The van der Waals surface area contributed by atoms with E-state index < -0.39 is 17.6 Å². The Labute approximate surface area is 175 Å². The number of Topliss-reactive ketones (excluding diaryl/α,β-unsaturated/α-hetero) is 1. The van der Waals surface area contributed by atoms with Crippen molar-refractivity contribution in [3.63, 3.8) is 0 Å². The van der Waals surface area contributed by atoms with Crippen LogP contribution in [0, 0.1) is 0 Å². The Morgan fingerprint density at radius 1 is 1.30 bits per heavy atom. The van der Waals surface area contributed by atoms with E-state index in [1.807, 2.05) is 0 Å². The van der Waals surface area contributed by atoms with E-state index in [9.17, 15) is 14.4 Å². The highest BCUT2D eigenvalue weighted by Crippen LogP contribution is 2.14. The highest BCUT2D eigenvalue weighted by molar-refractivity contribution is 7.13. The lowest BCUT2D eigenvalue weighted by Gasteiger charge is -2.11. The Morgan fingerprint density at radius 2 is 2.10 bits per heavy atom. The number of carboxylic acids is 2. The van der Waals surface area contributed by atoms with Crippen LogP contribution in [0.15, 0.2) is 52.6 Å². The van der Waals surface area contributed by atoms with Gasteiger partial charge in [0.2, 0.25) is 5.96 Å². The maximum Gasteiger partial charge on any atom is 0.352 e. The van der Waals surface area contributed by atoms with Crippen LogP contribution in [0.1, 0.15) is 23.7 Å². The van der Waals surface area contributed by atoms with Crippen LogP contribution in [0.3, 0.4) is 0 Å². The van der Waals surface area contributed by atoms with Crippen molar-refractivity contribution in [2.24, 2.45) is 4.99 Å². The number of aliphatic imine (C=N–C) groups is 1. The molecule has 2 rings (SSSR count). The van der Waals surface area contributed by atoms with E-state index in [-0.39, 0.29) is 18.3 Å². The van der Waals surface area contributed by atoms with Crippen molar-refractivity contribution in [1.82, 2.24) is 10.3 Å². The Kier molecular flexibility index (Phi) is 8.51. The van der Waals surface area contributed by atoms with E-state index in [1.54, 1.807) is 35.8 Å². The van der Waals surface area contributed by atoms with Crippen molar-refractivity contribution in [2.45, 2.75) is 13.3 Å². The molecule has 1 aromatic heterocycles. The summed E-state index contributed by atoms with van der Waals surface area (Å²) in [4.78, 5) is 41.7. The summed E-state index contributed by atoms with van der Waals surface area (Å²) in [6, 6.07) is 6.82. The fourth-order valence-electron chi connectivity index (χ4n) is 2.15. The zero-order valence-corrected chi connectivity index (χ0v) is 16.8.